The van der Waals surface area contributed by atoms with Gasteiger partial charge in [0.25, 0.3) is 5.91 Å². The van der Waals surface area contributed by atoms with Crippen LogP contribution in [0.3, 0.4) is 0 Å². The number of ether oxygens (including phenoxy) is 3. The van der Waals surface area contributed by atoms with Crippen LogP contribution < -0.4 is 15.6 Å². The van der Waals surface area contributed by atoms with Gasteiger partial charge in [-0.2, -0.15) is 0 Å². The molecule has 0 heterocycles. The SMILES string of the molecule is CCCOC(=O)c1ccc(OCC(=O)NNC(=O)CCC(=O)OCCCc2ccccc2)cc1. The number of carbonyl (C=O) groups is 4. The van der Waals surface area contributed by atoms with Crippen LogP contribution >= 0.6 is 0 Å². The van der Waals surface area contributed by atoms with Crippen molar-refractivity contribution in [2.24, 2.45) is 0 Å². The van der Waals surface area contributed by atoms with Crippen LogP contribution in [0.25, 0.3) is 0 Å². The predicted molar refractivity (Wildman–Crippen MR) is 124 cm³/mol. The lowest BCUT2D eigenvalue weighted by atomic mass is 10.1. The Hall–Kier alpha value is -3.88. The molecule has 9 heteroatoms. The van der Waals surface area contributed by atoms with Gasteiger partial charge in [-0.1, -0.05) is 37.3 Å². The lowest BCUT2D eigenvalue weighted by Gasteiger charge is -2.09. The molecule has 0 spiro atoms. The summed E-state index contributed by atoms with van der Waals surface area (Å²) >= 11 is 0. The van der Waals surface area contributed by atoms with Gasteiger partial charge in [0.1, 0.15) is 5.75 Å². The smallest absolute Gasteiger partial charge is 0.338 e. The van der Waals surface area contributed by atoms with Crippen molar-refractivity contribution in [1.82, 2.24) is 10.9 Å². The van der Waals surface area contributed by atoms with Gasteiger partial charge >= 0.3 is 11.9 Å². The molecule has 0 atom stereocenters. The first kappa shape index (κ1) is 26.4. The molecular formula is C25H30N2O7. The van der Waals surface area contributed by atoms with Crippen molar-refractivity contribution in [2.75, 3.05) is 19.8 Å². The third kappa shape index (κ3) is 10.6. The average Bonchev–Trinajstić information content (AvgIpc) is 2.87. The molecule has 0 saturated heterocycles. The topological polar surface area (TPSA) is 120 Å². The number of esters is 2. The standard InChI is InChI=1S/C25H30N2O7/c1-2-16-33-25(31)20-10-12-21(13-11-20)34-18-23(29)27-26-22(28)14-15-24(30)32-17-6-9-19-7-4-3-5-8-19/h3-5,7-8,10-13H,2,6,9,14-18H2,1H3,(H,26,28)(H,27,29). The van der Waals surface area contributed by atoms with Gasteiger partial charge in [0.15, 0.2) is 6.61 Å². The summed E-state index contributed by atoms with van der Waals surface area (Å²) in [5, 5.41) is 0. The Morgan fingerprint density at radius 2 is 1.50 bits per heavy atom. The molecule has 0 radical (unpaired) electrons. The molecule has 2 N–H and O–H groups in total. The summed E-state index contributed by atoms with van der Waals surface area (Å²) in [6.07, 6.45) is 2.03. The molecule has 0 fully saturated rings. The van der Waals surface area contributed by atoms with E-state index in [1.165, 1.54) is 17.7 Å². The molecule has 9 nitrogen and oxygen atoms in total. The second-order valence-electron chi connectivity index (χ2n) is 7.35. The maximum atomic E-state index is 11.8. The van der Waals surface area contributed by atoms with E-state index in [2.05, 4.69) is 10.9 Å². The van der Waals surface area contributed by atoms with Crippen LogP contribution in [0.2, 0.25) is 0 Å². The number of hydrogen-bond donors (Lipinski definition) is 2. The molecule has 2 aromatic rings. The van der Waals surface area contributed by atoms with Crippen molar-refractivity contribution in [3.05, 3.63) is 65.7 Å². The zero-order valence-corrected chi connectivity index (χ0v) is 19.2. The fraction of sp³-hybridized carbons (Fsp3) is 0.360. The van der Waals surface area contributed by atoms with Crippen molar-refractivity contribution in [2.45, 2.75) is 39.0 Å². The van der Waals surface area contributed by atoms with Gasteiger partial charge < -0.3 is 14.2 Å². The molecule has 0 saturated carbocycles. The van der Waals surface area contributed by atoms with Gasteiger partial charge in [0.2, 0.25) is 5.91 Å². The molecule has 2 amide bonds. The summed E-state index contributed by atoms with van der Waals surface area (Å²) in [6.45, 7) is 2.19. The van der Waals surface area contributed by atoms with Crippen LogP contribution in [0.1, 0.15) is 48.5 Å². The normalized spacial score (nSPS) is 10.1. The predicted octanol–water partition coefficient (Wildman–Crippen LogP) is 2.74. The lowest BCUT2D eigenvalue weighted by Crippen LogP contribution is -2.43. The summed E-state index contributed by atoms with van der Waals surface area (Å²) in [4.78, 5) is 47.1. The quantitative estimate of drug-likeness (QED) is 0.262. The molecular weight excluding hydrogens is 440 g/mol. The molecule has 0 aromatic heterocycles. The van der Waals surface area contributed by atoms with E-state index in [0.717, 1.165) is 12.8 Å². The van der Waals surface area contributed by atoms with E-state index in [1.807, 2.05) is 37.3 Å². The Morgan fingerprint density at radius 3 is 2.21 bits per heavy atom. The third-order valence-corrected chi connectivity index (χ3v) is 4.51. The first-order valence-electron chi connectivity index (χ1n) is 11.1. The second kappa shape index (κ2) is 15.0. The van der Waals surface area contributed by atoms with Gasteiger partial charge in [-0.05, 0) is 49.1 Å². The minimum absolute atomic E-state index is 0.0867. The van der Waals surface area contributed by atoms with Gasteiger partial charge in [0, 0.05) is 6.42 Å². The molecule has 0 aliphatic heterocycles. The number of benzene rings is 2. The monoisotopic (exact) mass is 470 g/mol. The average molecular weight is 471 g/mol. The van der Waals surface area contributed by atoms with E-state index in [-0.39, 0.29) is 26.1 Å². The number of hydrogen-bond acceptors (Lipinski definition) is 7. The molecule has 0 unspecified atom stereocenters. The molecule has 34 heavy (non-hydrogen) atoms. The molecule has 2 rings (SSSR count). The Labute approximate surface area is 198 Å². The Balaban J connectivity index is 1.55. The van der Waals surface area contributed by atoms with Gasteiger partial charge in [-0.15, -0.1) is 0 Å². The van der Waals surface area contributed by atoms with Crippen LogP contribution in [-0.2, 0) is 30.3 Å². The minimum atomic E-state index is -0.580. The highest BCUT2D eigenvalue weighted by Crippen LogP contribution is 2.13. The van der Waals surface area contributed by atoms with E-state index in [9.17, 15) is 19.2 Å². The van der Waals surface area contributed by atoms with E-state index in [0.29, 0.717) is 24.3 Å². The van der Waals surface area contributed by atoms with Crippen LogP contribution in [0.4, 0.5) is 0 Å². The van der Waals surface area contributed by atoms with Crippen LogP contribution in [-0.4, -0.2) is 43.6 Å². The summed E-state index contributed by atoms with van der Waals surface area (Å²) in [5.74, 6) is -1.62. The highest BCUT2D eigenvalue weighted by atomic mass is 16.5. The molecule has 0 aliphatic carbocycles. The van der Waals surface area contributed by atoms with Crippen molar-refractivity contribution in [3.8, 4) is 5.75 Å². The maximum Gasteiger partial charge on any atom is 0.338 e. The number of hydrazine groups is 1. The molecule has 0 aliphatic rings. The molecule has 182 valence electrons. The number of rotatable bonds is 13. The summed E-state index contributed by atoms with van der Waals surface area (Å²) in [5.41, 5.74) is 5.98. The van der Waals surface area contributed by atoms with Crippen LogP contribution in [0, 0.1) is 0 Å². The third-order valence-electron chi connectivity index (χ3n) is 4.51. The number of nitrogens with one attached hydrogen (secondary N) is 2. The van der Waals surface area contributed by atoms with Crippen molar-refractivity contribution >= 4 is 23.8 Å². The molecule has 2 aromatic carbocycles. The number of aryl methyl sites for hydroxylation is 1. The van der Waals surface area contributed by atoms with E-state index >= 15 is 0 Å². The van der Waals surface area contributed by atoms with Crippen molar-refractivity contribution < 1.29 is 33.4 Å². The largest absolute Gasteiger partial charge is 0.484 e. The van der Waals surface area contributed by atoms with Crippen molar-refractivity contribution in [1.29, 1.82) is 0 Å². The number of amides is 2. The first-order chi connectivity index (χ1) is 16.5. The van der Waals surface area contributed by atoms with Crippen molar-refractivity contribution in [3.63, 3.8) is 0 Å². The zero-order valence-electron chi connectivity index (χ0n) is 19.2. The van der Waals surface area contributed by atoms with Gasteiger partial charge in [0.05, 0.1) is 25.2 Å². The summed E-state index contributed by atoms with van der Waals surface area (Å²) in [7, 11) is 0. The van der Waals surface area contributed by atoms with Crippen LogP contribution in [0.15, 0.2) is 54.6 Å². The second-order valence-corrected chi connectivity index (χ2v) is 7.35. The highest BCUT2D eigenvalue weighted by molar-refractivity contribution is 5.89. The fourth-order valence-corrected chi connectivity index (χ4v) is 2.75. The van der Waals surface area contributed by atoms with E-state index < -0.39 is 23.8 Å². The fourth-order valence-electron chi connectivity index (χ4n) is 2.75. The lowest BCUT2D eigenvalue weighted by molar-refractivity contribution is -0.145. The minimum Gasteiger partial charge on any atom is -0.484 e. The summed E-state index contributed by atoms with van der Waals surface area (Å²) in [6, 6.07) is 16.0. The molecule has 0 bridgehead atoms. The van der Waals surface area contributed by atoms with E-state index in [1.54, 1.807) is 12.1 Å². The highest BCUT2D eigenvalue weighted by Gasteiger charge is 2.10. The van der Waals surface area contributed by atoms with E-state index in [4.69, 9.17) is 14.2 Å². The van der Waals surface area contributed by atoms with Gasteiger partial charge in [-0.25, -0.2) is 4.79 Å². The maximum absolute atomic E-state index is 11.8. The Morgan fingerprint density at radius 1 is 0.794 bits per heavy atom. The first-order valence-corrected chi connectivity index (χ1v) is 11.1. The van der Waals surface area contributed by atoms with Gasteiger partial charge in [-0.3, -0.25) is 25.2 Å². The van der Waals surface area contributed by atoms with Crippen LogP contribution in [0.5, 0.6) is 5.75 Å². The Bertz CT molecular complexity index is 930. The summed E-state index contributed by atoms with van der Waals surface area (Å²) < 4.78 is 15.5. The Kier molecular flexibility index (Phi) is 11.7. The zero-order chi connectivity index (χ0) is 24.6. The number of carbonyl (C=O) groups excluding carboxylic acids is 4.